The first kappa shape index (κ1) is 21.2. The molecule has 0 bridgehead atoms. The van der Waals surface area contributed by atoms with E-state index in [0.717, 1.165) is 39.6 Å². The van der Waals surface area contributed by atoms with E-state index in [1.165, 1.54) is 0 Å². The van der Waals surface area contributed by atoms with Gasteiger partial charge in [0.1, 0.15) is 11.6 Å². The van der Waals surface area contributed by atoms with Crippen LogP contribution in [0.3, 0.4) is 0 Å². The van der Waals surface area contributed by atoms with E-state index in [2.05, 4.69) is 15.3 Å². The fourth-order valence-electron chi connectivity index (χ4n) is 3.36. The highest BCUT2D eigenvalue weighted by molar-refractivity contribution is 5.94. The first-order valence-electron chi connectivity index (χ1n) is 10.4. The number of amides is 1. The summed E-state index contributed by atoms with van der Waals surface area (Å²) >= 11 is 0. The van der Waals surface area contributed by atoms with E-state index in [-0.39, 0.29) is 5.91 Å². The van der Waals surface area contributed by atoms with Crippen molar-refractivity contribution in [2.24, 2.45) is 0 Å². The number of anilines is 1. The van der Waals surface area contributed by atoms with Gasteiger partial charge in [-0.05, 0) is 59.7 Å². The number of rotatable bonds is 7. The molecule has 1 heterocycles. The molecule has 162 valence electrons. The lowest BCUT2D eigenvalue weighted by atomic mass is 10.1. The van der Waals surface area contributed by atoms with E-state index in [1.807, 2.05) is 98.0 Å². The number of nitrogens with zero attached hydrogens (tertiary/aromatic N) is 2. The van der Waals surface area contributed by atoms with E-state index in [9.17, 15) is 4.79 Å². The monoisotopic (exact) mass is 426 g/mol. The smallest absolute Gasteiger partial charge is 0.251 e. The van der Waals surface area contributed by atoms with Gasteiger partial charge in [-0.2, -0.15) is 0 Å². The number of imidazole rings is 1. The van der Waals surface area contributed by atoms with Crippen molar-refractivity contribution in [3.05, 3.63) is 90.1 Å². The van der Waals surface area contributed by atoms with Gasteiger partial charge in [0.15, 0.2) is 0 Å². The quantitative estimate of drug-likeness (QED) is 0.448. The number of nitrogens with one attached hydrogen (secondary N) is 2. The number of hydrogen-bond acceptors (Lipinski definition) is 4. The molecule has 0 saturated carbocycles. The second-order valence-electron chi connectivity index (χ2n) is 7.69. The summed E-state index contributed by atoms with van der Waals surface area (Å²) in [5.41, 5.74) is 5.70. The molecule has 1 amide bonds. The van der Waals surface area contributed by atoms with Gasteiger partial charge in [0.2, 0.25) is 0 Å². The van der Waals surface area contributed by atoms with Crippen LogP contribution in [0.2, 0.25) is 0 Å². The minimum absolute atomic E-state index is 0.0884. The van der Waals surface area contributed by atoms with Gasteiger partial charge in [0.25, 0.3) is 5.91 Å². The van der Waals surface area contributed by atoms with Gasteiger partial charge >= 0.3 is 0 Å². The average Bonchev–Trinajstić information content (AvgIpc) is 3.33. The molecule has 6 heteroatoms. The molecule has 1 aromatic heterocycles. The summed E-state index contributed by atoms with van der Waals surface area (Å²) in [6.07, 6.45) is 1.83. The Hall–Kier alpha value is -4.06. The zero-order valence-electron chi connectivity index (χ0n) is 18.4. The lowest BCUT2D eigenvalue weighted by molar-refractivity contribution is 0.0951. The van der Waals surface area contributed by atoms with Gasteiger partial charge in [-0.15, -0.1) is 0 Å². The fraction of sp³-hybridized carbons (Fsp3) is 0.154. The first-order valence-corrected chi connectivity index (χ1v) is 10.4. The summed E-state index contributed by atoms with van der Waals surface area (Å²) in [6.45, 7) is 0.462. The summed E-state index contributed by atoms with van der Waals surface area (Å²) in [6, 6.07) is 23.4. The van der Waals surface area contributed by atoms with Crippen LogP contribution in [0.5, 0.6) is 5.75 Å². The van der Waals surface area contributed by atoms with E-state index in [0.29, 0.717) is 12.1 Å². The van der Waals surface area contributed by atoms with Gasteiger partial charge < -0.3 is 19.9 Å². The number of carbonyl (C=O) groups is 1. The second-order valence-corrected chi connectivity index (χ2v) is 7.69. The van der Waals surface area contributed by atoms with Crippen molar-refractivity contribution in [1.29, 1.82) is 0 Å². The highest BCUT2D eigenvalue weighted by Crippen LogP contribution is 2.24. The maximum absolute atomic E-state index is 12.4. The molecule has 0 atom stereocenters. The van der Waals surface area contributed by atoms with Crippen molar-refractivity contribution >= 4 is 11.6 Å². The van der Waals surface area contributed by atoms with Crippen LogP contribution in [0, 0.1) is 0 Å². The standard InChI is InChI=1S/C26H26N4O2/c1-30(2)22-12-8-21(9-13-22)26(31)28-16-18-4-6-20(7-5-18)25-27-17-24(29-25)19-10-14-23(32-3)15-11-19/h4-15,17H,16H2,1-3H3,(H,27,29)(H,28,31). The highest BCUT2D eigenvalue weighted by Gasteiger charge is 2.08. The minimum Gasteiger partial charge on any atom is -0.497 e. The van der Waals surface area contributed by atoms with Crippen LogP contribution >= 0.6 is 0 Å². The maximum Gasteiger partial charge on any atom is 0.251 e. The average molecular weight is 427 g/mol. The van der Waals surface area contributed by atoms with Gasteiger partial charge in [-0.25, -0.2) is 4.98 Å². The third-order valence-corrected chi connectivity index (χ3v) is 5.30. The van der Waals surface area contributed by atoms with Crippen molar-refractivity contribution < 1.29 is 9.53 Å². The van der Waals surface area contributed by atoms with Gasteiger partial charge in [-0.1, -0.05) is 24.3 Å². The molecule has 2 N–H and O–H groups in total. The molecule has 4 aromatic rings. The first-order chi connectivity index (χ1) is 15.5. The Bertz CT molecular complexity index is 1180. The van der Waals surface area contributed by atoms with E-state index in [1.54, 1.807) is 7.11 Å². The zero-order chi connectivity index (χ0) is 22.5. The molecule has 0 radical (unpaired) electrons. The zero-order valence-corrected chi connectivity index (χ0v) is 18.4. The van der Waals surface area contributed by atoms with Crippen LogP contribution in [0.1, 0.15) is 15.9 Å². The molecule has 0 aliphatic carbocycles. The lowest BCUT2D eigenvalue weighted by Crippen LogP contribution is -2.22. The van der Waals surface area contributed by atoms with E-state index >= 15 is 0 Å². The molecule has 0 unspecified atom stereocenters. The number of aromatic amines is 1. The Kier molecular flexibility index (Phi) is 6.22. The molecule has 0 aliphatic rings. The molecule has 3 aromatic carbocycles. The topological polar surface area (TPSA) is 70.2 Å². The number of ether oxygens (including phenoxy) is 1. The summed E-state index contributed by atoms with van der Waals surface area (Å²) in [7, 11) is 5.60. The third-order valence-electron chi connectivity index (χ3n) is 5.30. The summed E-state index contributed by atoms with van der Waals surface area (Å²) < 4.78 is 5.21. The Balaban J connectivity index is 1.38. The Labute approximate surface area is 187 Å². The normalized spacial score (nSPS) is 10.6. The van der Waals surface area contributed by atoms with Crippen LogP contribution in [0.15, 0.2) is 79.0 Å². The Morgan fingerprint density at radius 1 is 0.938 bits per heavy atom. The molecular formula is C26H26N4O2. The van der Waals surface area contributed by atoms with Crippen molar-refractivity contribution in [3.8, 4) is 28.4 Å². The largest absolute Gasteiger partial charge is 0.497 e. The minimum atomic E-state index is -0.0884. The molecule has 0 fully saturated rings. The van der Waals surface area contributed by atoms with Crippen molar-refractivity contribution in [1.82, 2.24) is 15.3 Å². The Morgan fingerprint density at radius 3 is 2.22 bits per heavy atom. The summed E-state index contributed by atoms with van der Waals surface area (Å²) in [5, 5.41) is 2.97. The van der Waals surface area contributed by atoms with Gasteiger partial charge in [-0.3, -0.25) is 4.79 Å². The van der Waals surface area contributed by atoms with Crippen molar-refractivity contribution in [2.75, 3.05) is 26.1 Å². The highest BCUT2D eigenvalue weighted by atomic mass is 16.5. The number of carbonyl (C=O) groups excluding carboxylic acids is 1. The molecule has 4 rings (SSSR count). The molecule has 0 aliphatic heterocycles. The summed E-state index contributed by atoms with van der Waals surface area (Å²) in [5.74, 6) is 1.53. The maximum atomic E-state index is 12.4. The third kappa shape index (κ3) is 4.81. The fourth-order valence-corrected chi connectivity index (χ4v) is 3.36. The molecule has 6 nitrogen and oxygen atoms in total. The predicted octanol–water partition coefficient (Wildman–Crippen LogP) is 4.75. The van der Waals surface area contributed by atoms with Crippen LogP contribution in [-0.4, -0.2) is 37.1 Å². The molecule has 0 spiro atoms. The number of hydrogen-bond donors (Lipinski definition) is 2. The lowest BCUT2D eigenvalue weighted by Gasteiger charge is -2.12. The van der Waals surface area contributed by atoms with Crippen LogP contribution < -0.4 is 15.0 Å². The SMILES string of the molecule is COc1ccc(-c2cnc(-c3ccc(CNC(=O)c4ccc(N(C)C)cc4)cc3)[nH]2)cc1. The second kappa shape index (κ2) is 9.39. The van der Waals surface area contributed by atoms with Crippen LogP contribution in [-0.2, 0) is 6.54 Å². The van der Waals surface area contributed by atoms with Gasteiger partial charge in [0, 0.05) is 37.5 Å². The molecule has 0 saturated heterocycles. The van der Waals surface area contributed by atoms with Crippen molar-refractivity contribution in [3.63, 3.8) is 0 Å². The number of methoxy groups -OCH3 is 1. The van der Waals surface area contributed by atoms with Crippen LogP contribution in [0.4, 0.5) is 5.69 Å². The van der Waals surface area contributed by atoms with E-state index in [4.69, 9.17) is 4.74 Å². The predicted molar refractivity (Wildman–Crippen MR) is 128 cm³/mol. The van der Waals surface area contributed by atoms with E-state index < -0.39 is 0 Å². The van der Waals surface area contributed by atoms with Gasteiger partial charge in [0.05, 0.1) is 19.0 Å². The van der Waals surface area contributed by atoms with Crippen LogP contribution in [0.25, 0.3) is 22.6 Å². The Morgan fingerprint density at radius 2 is 1.59 bits per heavy atom. The van der Waals surface area contributed by atoms with Crippen molar-refractivity contribution in [2.45, 2.75) is 6.54 Å². The number of H-pyrrole nitrogens is 1. The molecule has 32 heavy (non-hydrogen) atoms. The number of benzene rings is 3. The molecular weight excluding hydrogens is 400 g/mol. The summed E-state index contributed by atoms with van der Waals surface area (Å²) in [4.78, 5) is 22.3. The number of aromatic nitrogens is 2.